The zero-order valence-electron chi connectivity index (χ0n) is 16.1. The van der Waals surface area contributed by atoms with Crippen LogP contribution >= 0.6 is 0 Å². The third-order valence-corrected chi connectivity index (χ3v) is 4.81. The first kappa shape index (κ1) is 19.9. The quantitative estimate of drug-likeness (QED) is 0.623. The molecule has 0 saturated carbocycles. The Morgan fingerprint density at radius 3 is 3.11 bits per heavy atom. The predicted octanol–water partition coefficient (Wildman–Crippen LogP) is 0.789. The van der Waals surface area contributed by atoms with Crippen LogP contribution in [0.15, 0.2) is 43.0 Å². The molecule has 3 rings (SSSR count). The maximum absolute atomic E-state index is 12.4. The maximum Gasteiger partial charge on any atom is 0.237 e. The highest BCUT2D eigenvalue weighted by molar-refractivity contribution is 5.88. The van der Waals surface area contributed by atoms with Gasteiger partial charge in [0.1, 0.15) is 5.75 Å². The van der Waals surface area contributed by atoms with Crippen molar-refractivity contribution in [2.75, 3.05) is 26.7 Å². The molecule has 1 unspecified atom stereocenters. The average Bonchev–Trinajstić information content (AvgIpc) is 3.22. The van der Waals surface area contributed by atoms with Gasteiger partial charge >= 0.3 is 0 Å². The van der Waals surface area contributed by atoms with Crippen LogP contribution in [0, 0.1) is 0 Å². The second-order valence-corrected chi connectivity index (χ2v) is 6.84. The zero-order chi connectivity index (χ0) is 19.8. The van der Waals surface area contributed by atoms with Crippen molar-refractivity contribution in [2.24, 2.45) is 0 Å². The molecule has 28 heavy (non-hydrogen) atoms. The lowest BCUT2D eigenvalue weighted by Gasteiger charge is -2.34. The van der Waals surface area contributed by atoms with Gasteiger partial charge in [-0.05, 0) is 24.1 Å². The lowest BCUT2D eigenvalue weighted by molar-refractivity contribution is -0.134. The largest absolute Gasteiger partial charge is 0.497 e. The highest BCUT2D eigenvalue weighted by Gasteiger charge is 2.31. The van der Waals surface area contributed by atoms with Crippen LogP contribution in [0.1, 0.15) is 18.4 Å². The number of amides is 2. The lowest BCUT2D eigenvalue weighted by Crippen LogP contribution is -2.56. The summed E-state index contributed by atoms with van der Waals surface area (Å²) in [7, 11) is 1.63. The number of aromatic nitrogens is 2. The van der Waals surface area contributed by atoms with Crippen molar-refractivity contribution in [3.63, 3.8) is 0 Å². The number of nitrogens with one attached hydrogen (secondary N) is 2. The number of methoxy groups -OCH3 is 1. The fourth-order valence-corrected chi connectivity index (χ4v) is 3.33. The summed E-state index contributed by atoms with van der Waals surface area (Å²) in [4.78, 5) is 30.8. The van der Waals surface area contributed by atoms with Crippen molar-refractivity contribution in [2.45, 2.75) is 32.0 Å². The Kier molecular flexibility index (Phi) is 7.02. The van der Waals surface area contributed by atoms with Crippen LogP contribution < -0.4 is 15.4 Å². The number of hydrogen-bond acceptors (Lipinski definition) is 5. The Hall–Kier alpha value is -2.87. The van der Waals surface area contributed by atoms with Gasteiger partial charge in [-0.3, -0.25) is 14.5 Å². The van der Waals surface area contributed by atoms with Crippen LogP contribution in [-0.4, -0.2) is 59.1 Å². The molecule has 8 nitrogen and oxygen atoms in total. The van der Waals surface area contributed by atoms with E-state index in [0.29, 0.717) is 26.2 Å². The summed E-state index contributed by atoms with van der Waals surface area (Å²) in [5, 5.41) is 5.78. The van der Waals surface area contributed by atoms with E-state index in [-0.39, 0.29) is 18.2 Å². The second kappa shape index (κ2) is 9.89. The van der Waals surface area contributed by atoms with E-state index in [1.165, 1.54) is 0 Å². The number of aryl methyl sites for hydroxylation is 1. The molecular formula is C20H27N5O3. The van der Waals surface area contributed by atoms with E-state index in [0.717, 1.165) is 24.3 Å². The summed E-state index contributed by atoms with van der Waals surface area (Å²) in [6, 6.07) is 7.32. The van der Waals surface area contributed by atoms with Crippen LogP contribution in [0.4, 0.5) is 0 Å². The molecule has 8 heteroatoms. The van der Waals surface area contributed by atoms with Crippen molar-refractivity contribution in [1.82, 2.24) is 25.1 Å². The molecule has 1 aliphatic rings. The third kappa shape index (κ3) is 5.56. The summed E-state index contributed by atoms with van der Waals surface area (Å²) >= 11 is 0. The summed E-state index contributed by atoms with van der Waals surface area (Å²) < 4.78 is 7.24. The fraction of sp³-hybridized carbons (Fsp3) is 0.450. The van der Waals surface area contributed by atoms with Gasteiger partial charge in [0.05, 0.1) is 25.9 Å². The maximum atomic E-state index is 12.4. The number of rotatable bonds is 9. The van der Waals surface area contributed by atoms with Gasteiger partial charge in [0, 0.05) is 45.1 Å². The van der Waals surface area contributed by atoms with Crippen LogP contribution in [0.5, 0.6) is 5.75 Å². The van der Waals surface area contributed by atoms with Crippen molar-refractivity contribution < 1.29 is 14.3 Å². The number of carbonyl (C=O) groups excluding carboxylic acids is 2. The minimum Gasteiger partial charge on any atom is -0.497 e. The number of benzene rings is 1. The fourth-order valence-electron chi connectivity index (χ4n) is 3.33. The first-order valence-corrected chi connectivity index (χ1v) is 9.53. The van der Waals surface area contributed by atoms with Gasteiger partial charge < -0.3 is 19.9 Å². The smallest absolute Gasteiger partial charge is 0.237 e. The number of ether oxygens (including phenoxy) is 1. The van der Waals surface area contributed by atoms with E-state index in [4.69, 9.17) is 4.74 Å². The number of hydrogen-bond donors (Lipinski definition) is 2. The summed E-state index contributed by atoms with van der Waals surface area (Å²) in [6.07, 6.45) is 6.35. The van der Waals surface area contributed by atoms with Gasteiger partial charge in [-0.15, -0.1) is 0 Å². The summed E-state index contributed by atoms with van der Waals surface area (Å²) in [5.74, 6) is 0.581. The molecule has 0 bridgehead atoms. The minimum absolute atomic E-state index is 0.0947. The third-order valence-electron chi connectivity index (χ3n) is 4.81. The van der Waals surface area contributed by atoms with Gasteiger partial charge in [-0.2, -0.15) is 0 Å². The predicted molar refractivity (Wildman–Crippen MR) is 105 cm³/mol. The lowest BCUT2D eigenvalue weighted by atomic mass is 10.1. The number of piperazine rings is 1. The molecule has 1 saturated heterocycles. The Morgan fingerprint density at radius 2 is 2.32 bits per heavy atom. The molecule has 150 valence electrons. The van der Waals surface area contributed by atoms with E-state index < -0.39 is 6.04 Å². The van der Waals surface area contributed by atoms with Crippen LogP contribution in [-0.2, 0) is 22.7 Å². The topological polar surface area (TPSA) is 88.5 Å². The SMILES string of the molecule is COc1cccc(CN2CCNC(=O)C2CC(=O)NCCCn2ccnc2)c1. The summed E-state index contributed by atoms with van der Waals surface area (Å²) in [5.41, 5.74) is 1.06. The first-order chi connectivity index (χ1) is 13.7. The van der Waals surface area contributed by atoms with E-state index in [1.54, 1.807) is 19.6 Å². The van der Waals surface area contributed by atoms with Gasteiger partial charge in [-0.25, -0.2) is 4.98 Å². The highest BCUT2D eigenvalue weighted by atomic mass is 16.5. The molecule has 1 aromatic heterocycles. The number of carbonyl (C=O) groups is 2. The Morgan fingerprint density at radius 1 is 1.43 bits per heavy atom. The van der Waals surface area contributed by atoms with Crippen molar-refractivity contribution in [3.8, 4) is 5.75 Å². The number of nitrogens with zero attached hydrogens (tertiary/aromatic N) is 3. The molecule has 2 aromatic rings. The van der Waals surface area contributed by atoms with Gasteiger partial charge in [-0.1, -0.05) is 12.1 Å². The van der Waals surface area contributed by atoms with Crippen molar-refractivity contribution in [3.05, 3.63) is 48.5 Å². The Balaban J connectivity index is 1.51. The van der Waals surface area contributed by atoms with Crippen molar-refractivity contribution in [1.29, 1.82) is 0 Å². The molecule has 1 atom stereocenters. The second-order valence-electron chi connectivity index (χ2n) is 6.84. The van der Waals surface area contributed by atoms with Gasteiger partial charge in [0.2, 0.25) is 11.8 Å². The van der Waals surface area contributed by atoms with E-state index in [2.05, 4.69) is 20.5 Å². The van der Waals surface area contributed by atoms with E-state index in [1.807, 2.05) is 35.0 Å². The minimum atomic E-state index is -0.464. The molecule has 0 radical (unpaired) electrons. The molecular weight excluding hydrogens is 358 g/mol. The molecule has 1 aromatic carbocycles. The van der Waals surface area contributed by atoms with Gasteiger partial charge in [0.25, 0.3) is 0 Å². The Bertz CT molecular complexity index is 778. The zero-order valence-corrected chi connectivity index (χ0v) is 16.1. The van der Waals surface area contributed by atoms with E-state index >= 15 is 0 Å². The standard InChI is InChI=1S/C20H27N5O3/c1-28-17-5-2-4-16(12-17)14-25-11-8-23-20(27)18(25)13-19(26)22-6-3-9-24-10-7-21-15-24/h2,4-5,7,10,12,15,18H,3,6,8-9,11,13-14H2,1H3,(H,22,26)(H,23,27). The molecule has 0 spiro atoms. The van der Waals surface area contributed by atoms with Crippen LogP contribution in [0.3, 0.4) is 0 Å². The van der Waals surface area contributed by atoms with Crippen LogP contribution in [0.25, 0.3) is 0 Å². The molecule has 1 aliphatic heterocycles. The van der Waals surface area contributed by atoms with Crippen LogP contribution in [0.2, 0.25) is 0 Å². The molecule has 1 fully saturated rings. The monoisotopic (exact) mass is 385 g/mol. The molecule has 2 amide bonds. The molecule has 0 aliphatic carbocycles. The Labute approximate surface area is 164 Å². The molecule has 2 heterocycles. The van der Waals surface area contributed by atoms with Crippen molar-refractivity contribution >= 4 is 11.8 Å². The average molecular weight is 385 g/mol. The molecule has 2 N–H and O–H groups in total. The number of imidazole rings is 1. The normalized spacial score (nSPS) is 17.2. The van der Waals surface area contributed by atoms with E-state index in [9.17, 15) is 9.59 Å². The van der Waals surface area contributed by atoms with Gasteiger partial charge in [0.15, 0.2) is 0 Å². The first-order valence-electron chi connectivity index (χ1n) is 9.53. The summed E-state index contributed by atoms with van der Waals surface area (Å²) in [6.45, 7) is 3.27. The highest BCUT2D eigenvalue weighted by Crippen LogP contribution is 2.18.